The molecule has 0 unspecified atom stereocenters. The van der Waals surface area contributed by atoms with E-state index in [9.17, 15) is 4.79 Å². The molecule has 3 heteroatoms. The summed E-state index contributed by atoms with van der Waals surface area (Å²) in [4.78, 5) is 14.8. The van der Waals surface area contributed by atoms with Crippen molar-refractivity contribution >= 4 is 5.91 Å². The van der Waals surface area contributed by atoms with Gasteiger partial charge in [-0.3, -0.25) is 9.69 Å². The van der Waals surface area contributed by atoms with Crippen LogP contribution in [-0.4, -0.2) is 29.9 Å². The molecule has 1 heterocycles. The maximum Gasteiger partial charge on any atom is 0.223 e. The fourth-order valence-corrected chi connectivity index (χ4v) is 2.89. The summed E-state index contributed by atoms with van der Waals surface area (Å²) in [5.41, 5.74) is 2.76. The van der Waals surface area contributed by atoms with Crippen molar-refractivity contribution in [3.05, 3.63) is 35.4 Å². The van der Waals surface area contributed by atoms with E-state index in [1.807, 2.05) is 0 Å². The molecule has 1 aliphatic heterocycles. The Labute approximate surface area is 135 Å². The van der Waals surface area contributed by atoms with Gasteiger partial charge in [0.1, 0.15) is 0 Å². The Balaban J connectivity index is 1.80. The topological polar surface area (TPSA) is 32.3 Å². The molecule has 0 spiro atoms. The molecule has 1 aromatic carbocycles. The van der Waals surface area contributed by atoms with E-state index in [1.54, 1.807) is 0 Å². The number of rotatable bonds is 5. The number of likely N-dealkylation sites (tertiary alicyclic amines) is 1. The fourth-order valence-electron chi connectivity index (χ4n) is 2.89. The third kappa shape index (κ3) is 4.57. The van der Waals surface area contributed by atoms with Gasteiger partial charge in [-0.1, -0.05) is 38.1 Å². The van der Waals surface area contributed by atoms with Crippen LogP contribution in [0.2, 0.25) is 0 Å². The molecule has 1 aromatic rings. The van der Waals surface area contributed by atoms with Crippen LogP contribution in [0.3, 0.4) is 0 Å². The zero-order chi connectivity index (χ0) is 16.1. The number of benzene rings is 1. The van der Waals surface area contributed by atoms with Crippen molar-refractivity contribution in [3.8, 4) is 0 Å². The molecule has 3 nitrogen and oxygen atoms in total. The Bertz CT molecular complexity index is 490. The van der Waals surface area contributed by atoms with Gasteiger partial charge in [0.05, 0.1) is 0 Å². The fraction of sp³-hybridized carbons (Fsp3) is 0.632. The zero-order valence-electron chi connectivity index (χ0n) is 14.4. The number of aryl methyl sites for hydroxylation is 1. The lowest BCUT2D eigenvalue weighted by atomic mass is 9.94. The molecule has 1 saturated heterocycles. The quantitative estimate of drug-likeness (QED) is 0.904. The number of hydrogen-bond acceptors (Lipinski definition) is 2. The molecule has 0 aromatic heterocycles. The lowest BCUT2D eigenvalue weighted by Gasteiger charge is -2.32. The Morgan fingerprint density at radius 3 is 2.45 bits per heavy atom. The van der Waals surface area contributed by atoms with Gasteiger partial charge in [-0.15, -0.1) is 0 Å². The number of hydrogen-bond donors (Lipinski definition) is 1. The molecule has 1 aliphatic rings. The predicted molar refractivity (Wildman–Crippen MR) is 91.6 cm³/mol. The van der Waals surface area contributed by atoms with Crippen molar-refractivity contribution in [2.24, 2.45) is 11.8 Å². The van der Waals surface area contributed by atoms with Crippen molar-refractivity contribution < 1.29 is 4.79 Å². The molecule has 2 rings (SSSR count). The van der Waals surface area contributed by atoms with Gasteiger partial charge in [0.2, 0.25) is 5.91 Å². The second-order valence-electron chi connectivity index (χ2n) is 7.02. The third-order valence-corrected chi connectivity index (χ3v) is 4.98. The van der Waals surface area contributed by atoms with Crippen LogP contribution in [0, 0.1) is 18.8 Å². The average molecular weight is 302 g/mol. The molecule has 0 saturated carbocycles. The summed E-state index contributed by atoms with van der Waals surface area (Å²) in [7, 11) is 0. The van der Waals surface area contributed by atoms with Crippen molar-refractivity contribution in [2.45, 2.75) is 53.1 Å². The number of carbonyl (C=O) groups is 1. The van der Waals surface area contributed by atoms with Crippen LogP contribution in [0.5, 0.6) is 0 Å². The summed E-state index contributed by atoms with van der Waals surface area (Å²) < 4.78 is 0. The van der Waals surface area contributed by atoms with Crippen molar-refractivity contribution in [1.82, 2.24) is 10.2 Å². The lowest BCUT2D eigenvalue weighted by Crippen LogP contribution is -2.44. The Morgan fingerprint density at radius 1 is 1.23 bits per heavy atom. The molecule has 1 amide bonds. The van der Waals surface area contributed by atoms with E-state index < -0.39 is 0 Å². The van der Waals surface area contributed by atoms with Crippen LogP contribution in [-0.2, 0) is 11.3 Å². The molecule has 1 atom stereocenters. The first kappa shape index (κ1) is 17.0. The highest BCUT2D eigenvalue weighted by molar-refractivity contribution is 5.79. The third-order valence-electron chi connectivity index (χ3n) is 4.98. The van der Waals surface area contributed by atoms with Crippen LogP contribution >= 0.6 is 0 Å². The van der Waals surface area contributed by atoms with Crippen LogP contribution in [0.4, 0.5) is 0 Å². The molecule has 0 bridgehead atoms. The minimum atomic E-state index is 0.189. The molecule has 0 aliphatic carbocycles. The Morgan fingerprint density at radius 2 is 1.86 bits per heavy atom. The van der Waals surface area contributed by atoms with Gasteiger partial charge in [0.25, 0.3) is 0 Å². The number of amides is 1. The van der Waals surface area contributed by atoms with E-state index in [0.29, 0.717) is 5.92 Å². The van der Waals surface area contributed by atoms with Gasteiger partial charge in [0.15, 0.2) is 0 Å². The zero-order valence-corrected chi connectivity index (χ0v) is 14.4. The molecular weight excluding hydrogens is 272 g/mol. The van der Waals surface area contributed by atoms with Gasteiger partial charge < -0.3 is 5.32 Å². The van der Waals surface area contributed by atoms with Gasteiger partial charge in [-0.2, -0.15) is 0 Å². The highest BCUT2D eigenvalue weighted by Crippen LogP contribution is 2.20. The maximum absolute atomic E-state index is 12.3. The summed E-state index contributed by atoms with van der Waals surface area (Å²) in [5.74, 6) is 0.927. The molecular formula is C19H30N2O. The summed E-state index contributed by atoms with van der Waals surface area (Å²) in [6, 6.07) is 8.83. The molecule has 22 heavy (non-hydrogen) atoms. The summed E-state index contributed by atoms with van der Waals surface area (Å²) in [6.07, 6.45) is 1.95. The highest BCUT2D eigenvalue weighted by Gasteiger charge is 2.26. The second kappa shape index (κ2) is 7.77. The van der Waals surface area contributed by atoms with E-state index in [2.05, 4.69) is 62.2 Å². The van der Waals surface area contributed by atoms with Crippen LogP contribution in [0.15, 0.2) is 24.3 Å². The largest absolute Gasteiger partial charge is 0.353 e. The van der Waals surface area contributed by atoms with Gasteiger partial charge in [-0.25, -0.2) is 0 Å². The van der Waals surface area contributed by atoms with Crippen molar-refractivity contribution in [1.29, 1.82) is 0 Å². The standard InChI is InChI=1S/C19H30N2O/c1-14(2)16(4)20-19(22)17-9-11-21(12-10-17)13-18-8-6-5-7-15(18)3/h5-8,14,16-17H,9-13H2,1-4H3,(H,20,22)/t16-/m1/s1. The second-order valence-corrected chi connectivity index (χ2v) is 7.02. The lowest BCUT2D eigenvalue weighted by molar-refractivity contribution is -0.127. The van der Waals surface area contributed by atoms with Gasteiger partial charge in [-0.05, 0) is 56.8 Å². The van der Waals surface area contributed by atoms with Crippen LogP contribution in [0.25, 0.3) is 0 Å². The van der Waals surface area contributed by atoms with Gasteiger partial charge >= 0.3 is 0 Å². The summed E-state index contributed by atoms with van der Waals surface area (Å²) in [5, 5.41) is 3.17. The molecule has 1 fully saturated rings. The number of carbonyl (C=O) groups excluding carboxylic acids is 1. The number of piperidine rings is 1. The van der Waals surface area contributed by atoms with E-state index in [1.165, 1.54) is 11.1 Å². The first-order valence-corrected chi connectivity index (χ1v) is 8.54. The van der Waals surface area contributed by atoms with Crippen molar-refractivity contribution in [2.75, 3.05) is 13.1 Å². The van der Waals surface area contributed by atoms with E-state index in [-0.39, 0.29) is 17.9 Å². The predicted octanol–water partition coefficient (Wildman–Crippen LogP) is 3.37. The first-order valence-electron chi connectivity index (χ1n) is 8.54. The normalized spacial score (nSPS) is 18.4. The molecule has 0 radical (unpaired) electrons. The number of nitrogens with one attached hydrogen (secondary N) is 1. The molecule has 1 N–H and O–H groups in total. The maximum atomic E-state index is 12.3. The molecule has 122 valence electrons. The SMILES string of the molecule is Cc1ccccc1CN1CCC(C(=O)N[C@H](C)C(C)C)CC1. The summed E-state index contributed by atoms with van der Waals surface area (Å²) in [6.45, 7) is 11.6. The van der Waals surface area contributed by atoms with E-state index >= 15 is 0 Å². The monoisotopic (exact) mass is 302 g/mol. The van der Waals surface area contributed by atoms with E-state index in [4.69, 9.17) is 0 Å². The number of nitrogens with zero attached hydrogens (tertiary/aromatic N) is 1. The van der Waals surface area contributed by atoms with E-state index in [0.717, 1.165) is 32.5 Å². The smallest absolute Gasteiger partial charge is 0.223 e. The van der Waals surface area contributed by atoms with Crippen molar-refractivity contribution in [3.63, 3.8) is 0 Å². The van der Waals surface area contributed by atoms with Crippen LogP contribution in [0.1, 0.15) is 44.7 Å². The van der Waals surface area contributed by atoms with Crippen LogP contribution < -0.4 is 5.32 Å². The first-order chi connectivity index (χ1) is 10.5. The average Bonchev–Trinajstić information content (AvgIpc) is 2.50. The Kier molecular flexibility index (Phi) is 6.01. The van der Waals surface area contributed by atoms with Gasteiger partial charge in [0, 0.05) is 18.5 Å². The summed E-state index contributed by atoms with van der Waals surface area (Å²) >= 11 is 0. The highest BCUT2D eigenvalue weighted by atomic mass is 16.1. The minimum Gasteiger partial charge on any atom is -0.353 e. The minimum absolute atomic E-state index is 0.189. The Hall–Kier alpha value is -1.35.